The van der Waals surface area contributed by atoms with E-state index < -0.39 is 0 Å². The van der Waals surface area contributed by atoms with E-state index in [0.717, 1.165) is 26.2 Å². The van der Waals surface area contributed by atoms with E-state index in [2.05, 4.69) is 31.2 Å². The summed E-state index contributed by atoms with van der Waals surface area (Å²) in [5, 5.41) is 12.3. The van der Waals surface area contributed by atoms with Gasteiger partial charge >= 0.3 is 6.01 Å². The van der Waals surface area contributed by atoms with Crippen LogP contribution >= 0.6 is 0 Å². The molecular formula is C17H17N7O2. The lowest BCUT2D eigenvalue weighted by molar-refractivity contribution is 0.415. The molecule has 9 nitrogen and oxygen atoms in total. The number of piperazine rings is 1. The molecule has 0 spiro atoms. The molecule has 2 aromatic heterocycles. The lowest BCUT2D eigenvalue weighted by atomic mass is 10.2. The summed E-state index contributed by atoms with van der Waals surface area (Å²) in [6.07, 6.45) is 0. The fraction of sp³-hybridized carbons (Fsp3) is 0.294. The van der Waals surface area contributed by atoms with Crippen LogP contribution in [0.3, 0.4) is 0 Å². The van der Waals surface area contributed by atoms with E-state index in [1.165, 1.54) is 4.57 Å². The fourth-order valence-corrected chi connectivity index (χ4v) is 2.85. The Morgan fingerprint density at radius 3 is 2.85 bits per heavy atom. The Bertz CT molecular complexity index is 1060. The number of benzene rings is 1. The van der Waals surface area contributed by atoms with E-state index in [4.69, 9.17) is 10.00 Å². The van der Waals surface area contributed by atoms with Crippen molar-refractivity contribution in [1.82, 2.24) is 24.8 Å². The largest absolute Gasteiger partial charge is 0.425 e. The summed E-state index contributed by atoms with van der Waals surface area (Å²) in [6.45, 7) is 3.35. The van der Waals surface area contributed by atoms with Gasteiger partial charge in [-0.1, -0.05) is 6.07 Å². The molecule has 3 heterocycles. The number of nitrogens with zero attached hydrogens (tertiary/aromatic N) is 5. The molecule has 9 heteroatoms. The SMILES string of the molecule is Cn1c(Oc2cccc(C#N)c2)nc2nc(N3CCNCC3)[nH]c2c1=O. The van der Waals surface area contributed by atoms with Gasteiger partial charge < -0.3 is 19.9 Å². The van der Waals surface area contributed by atoms with Gasteiger partial charge in [-0.15, -0.1) is 0 Å². The van der Waals surface area contributed by atoms with Gasteiger partial charge in [0.2, 0.25) is 5.95 Å². The van der Waals surface area contributed by atoms with Gasteiger partial charge in [0.1, 0.15) is 5.75 Å². The van der Waals surface area contributed by atoms with Crippen molar-refractivity contribution in [3.8, 4) is 17.8 Å². The minimum atomic E-state index is -0.268. The second-order valence-electron chi connectivity index (χ2n) is 6.00. The van der Waals surface area contributed by atoms with Gasteiger partial charge in [-0.05, 0) is 18.2 Å². The van der Waals surface area contributed by atoms with Crippen LogP contribution in [-0.4, -0.2) is 45.7 Å². The maximum atomic E-state index is 12.6. The van der Waals surface area contributed by atoms with Gasteiger partial charge in [-0.3, -0.25) is 9.36 Å². The Hall–Kier alpha value is -3.38. The summed E-state index contributed by atoms with van der Waals surface area (Å²) in [7, 11) is 1.59. The van der Waals surface area contributed by atoms with Crippen molar-refractivity contribution in [1.29, 1.82) is 5.26 Å². The zero-order valence-corrected chi connectivity index (χ0v) is 14.2. The normalized spacial score (nSPS) is 14.4. The molecule has 0 radical (unpaired) electrons. The molecule has 0 unspecified atom stereocenters. The lowest BCUT2D eigenvalue weighted by Crippen LogP contribution is -2.44. The monoisotopic (exact) mass is 351 g/mol. The van der Waals surface area contributed by atoms with Gasteiger partial charge in [-0.2, -0.15) is 15.2 Å². The number of rotatable bonds is 3. The minimum Gasteiger partial charge on any atom is -0.425 e. The van der Waals surface area contributed by atoms with Gasteiger partial charge in [0.15, 0.2) is 11.2 Å². The van der Waals surface area contributed by atoms with E-state index in [0.29, 0.717) is 28.4 Å². The van der Waals surface area contributed by atoms with E-state index >= 15 is 0 Å². The first-order chi connectivity index (χ1) is 12.7. The summed E-state index contributed by atoms with van der Waals surface area (Å²) in [5.74, 6) is 1.07. The van der Waals surface area contributed by atoms with Crippen LogP contribution in [0.5, 0.6) is 11.8 Å². The highest BCUT2D eigenvalue weighted by atomic mass is 16.5. The number of imidazole rings is 1. The fourth-order valence-electron chi connectivity index (χ4n) is 2.85. The Morgan fingerprint density at radius 1 is 1.27 bits per heavy atom. The molecule has 0 bridgehead atoms. The molecule has 0 aliphatic carbocycles. The first-order valence-corrected chi connectivity index (χ1v) is 8.26. The third-order valence-corrected chi connectivity index (χ3v) is 4.27. The number of hydrogen-bond acceptors (Lipinski definition) is 7. The topological polar surface area (TPSA) is 112 Å². The highest BCUT2D eigenvalue weighted by molar-refractivity contribution is 5.73. The third-order valence-electron chi connectivity index (χ3n) is 4.27. The number of hydrogen-bond donors (Lipinski definition) is 2. The van der Waals surface area contributed by atoms with Crippen LogP contribution in [0.2, 0.25) is 0 Å². The minimum absolute atomic E-state index is 0.121. The van der Waals surface area contributed by atoms with E-state index in [9.17, 15) is 4.79 Å². The zero-order valence-electron chi connectivity index (χ0n) is 14.2. The van der Waals surface area contributed by atoms with E-state index in [1.54, 1.807) is 31.3 Å². The van der Waals surface area contributed by atoms with Crippen LogP contribution in [0.25, 0.3) is 11.2 Å². The van der Waals surface area contributed by atoms with Crippen LogP contribution in [0.4, 0.5) is 5.95 Å². The van der Waals surface area contributed by atoms with Crippen molar-refractivity contribution in [2.24, 2.45) is 7.05 Å². The van der Waals surface area contributed by atoms with Crippen LogP contribution < -0.4 is 20.5 Å². The number of aromatic amines is 1. The number of aromatic nitrogens is 4. The van der Waals surface area contributed by atoms with Crippen molar-refractivity contribution in [3.63, 3.8) is 0 Å². The predicted octanol–water partition coefficient (Wildman–Crippen LogP) is 0.730. The summed E-state index contributed by atoms with van der Waals surface area (Å²) in [5.41, 5.74) is 0.858. The molecule has 0 atom stereocenters. The molecule has 4 rings (SSSR count). The molecule has 1 saturated heterocycles. The van der Waals surface area contributed by atoms with E-state index in [1.807, 2.05) is 0 Å². The van der Waals surface area contributed by atoms with Crippen molar-refractivity contribution in [3.05, 3.63) is 40.2 Å². The first-order valence-electron chi connectivity index (χ1n) is 8.26. The molecule has 1 aliphatic heterocycles. The van der Waals surface area contributed by atoms with Crippen molar-refractivity contribution in [2.75, 3.05) is 31.1 Å². The Balaban J connectivity index is 1.72. The smallest absolute Gasteiger partial charge is 0.306 e. The molecule has 1 fully saturated rings. The summed E-state index contributed by atoms with van der Waals surface area (Å²) in [4.78, 5) is 26.6. The van der Waals surface area contributed by atoms with E-state index in [-0.39, 0.29) is 11.6 Å². The van der Waals surface area contributed by atoms with Crippen molar-refractivity contribution in [2.45, 2.75) is 0 Å². The van der Waals surface area contributed by atoms with Crippen LogP contribution in [0, 0.1) is 11.3 Å². The standard InChI is InChI=1S/C17H17N7O2/c1-23-15(25)13-14(21-16(20-13)24-7-5-19-6-8-24)22-17(23)26-12-4-2-3-11(9-12)10-18/h2-4,9,19H,5-8H2,1H3,(H,20,21). The van der Waals surface area contributed by atoms with Crippen LogP contribution in [-0.2, 0) is 7.05 Å². The molecule has 1 aliphatic rings. The first kappa shape index (κ1) is 16.1. The maximum Gasteiger partial charge on any atom is 0.306 e. The average molecular weight is 351 g/mol. The number of H-pyrrole nitrogens is 1. The molecule has 3 aromatic rings. The highest BCUT2D eigenvalue weighted by Crippen LogP contribution is 2.21. The average Bonchev–Trinajstić information content (AvgIpc) is 3.11. The third kappa shape index (κ3) is 2.87. The van der Waals surface area contributed by atoms with Crippen LogP contribution in [0.1, 0.15) is 5.56 Å². The lowest BCUT2D eigenvalue weighted by Gasteiger charge is -2.26. The Labute approximate surface area is 148 Å². The maximum absolute atomic E-state index is 12.6. The molecule has 1 aromatic carbocycles. The number of fused-ring (bicyclic) bond motifs is 1. The van der Waals surface area contributed by atoms with Gasteiger partial charge in [0.05, 0.1) is 11.6 Å². The second kappa shape index (κ2) is 6.50. The Morgan fingerprint density at radius 2 is 2.08 bits per heavy atom. The summed E-state index contributed by atoms with van der Waals surface area (Å²) in [6, 6.07) is 8.85. The molecule has 26 heavy (non-hydrogen) atoms. The Kier molecular flexibility index (Phi) is 4.02. The van der Waals surface area contributed by atoms with Crippen molar-refractivity contribution >= 4 is 17.1 Å². The number of ether oxygens (including phenoxy) is 1. The molecule has 132 valence electrons. The van der Waals surface area contributed by atoms with Gasteiger partial charge in [-0.25, -0.2) is 0 Å². The quantitative estimate of drug-likeness (QED) is 0.715. The summed E-state index contributed by atoms with van der Waals surface area (Å²) >= 11 is 0. The molecule has 0 amide bonds. The zero-order chi connectivity index (χ0) is 18.1. The number of nitriles is 1. The molecule has 2 N–H and O–H groups in total. The van der Waals surface area contributed by atoms with Gasteiger partial charge in [0, 0.05) is 33.2 Å². The molecular weight excluding hydrogens is 334 g/mol. The number of anilines is 1. The van der Waals surface area contributed by atoms with Crippen molar-refractivity contribution < 1.29 is 4.74 Å². The summed E-state index contributed by atoms with van der Waals surface area (Å²) < 4.78 is 7.04. The highest BCUT2D eigenvalue weighted by Gasteiger charge is 2.19. The predicted molar refractivity (Wildman–Crippen MR) is 95.4 cm³/mol. The second-order valence-corrected chi connectivity index (χ2v) is 6.00. The van der Waals surface area contributed by atoms with Gasteiger partial charge in [0.25, 0.3) is 5.56 Å². The number of nitrogens with one attached hydrogen (secondary N) is 2. The van der Waals surface area contributed by atoms with Crippen LogP contribution in [0.15, 0.2) is 29.1 Å². The molecule has 0 saturated carbocycles.